The minimum Gasteiger partial charge on any atom is -0.444 e. The summed E-state index contributed by atoms with van der Waals surface area (Å²) >= 11 is 0. The molecule has 1 fully saturated rings. The summed E-state index contributed by atoms with van der Waals surface area (Å²) in [6.07, 6.45) is -1.41. The predicted molar refractivity (Wildman–Crippen MR) is 81.6 cm³/mol. The fraction of sp³-hybridized carbons (Fsp3) is 0.769. The lowest BCUT2D eigenvalue weighted by Crippen LogP contribution is -2.37. The van der Waals surface area contributed by atoms with Crippen LogP contribution in [0.4, 0.5) is 9.18 Å². The van der Waals surface area contributed by atoms with Crippen LogP contribution in [-0.2, 0) is 11.3 Å². The van der Waals surface area contributed by atoms with E-state index in [1.165, 1.54) is 4.90 Å². The first-order chi connectivity index (χ1) is 9.80. The first kappa shape index (κ1) is 18.6. The lowest BCUT2D eigenvalue weighted by Gasteiger charge is -2.27. The van der Waals surface area contributed by atoms with Crippen LogP contribution in [0.15, 0.2) is 0 Å². The van der Waals surface area contributed by atoms with Crippen LogP contribution in [0.25, 0.3) is 0 Å². The number of halogens is 2. The van der Waals surface area contributed by atoms with Gasteiger partial charge in [-0.2, -0.15) is 5.10 Å². The van der Waals surface area contributed by atoms with Crippen molar-refractivity contribution >= 4 is 18.5 Å². The summed E-state index contributed by atoms with van der Waals surface area (Å²) in [5.74, 6) is 1.07. The number of rotatable bonds is 3. The van der Waals surface area contributed by atoms with Gasteiger partial charge >= 0.3 is 6.09 Å². The van der Waals surface area contributed by atoms with Gasteiger partial charge in [0.2, 0.25) is 0 Å². The van der Waals surface area contributed by atoms with Gasteiger partial charge in [0, 0.05) is 6.42 Å². The van der Waals surface area contributed by atoms with Gasteiger partial charge in [0.1, 0.15) is 17.6 Å². The molecule has 2 rings (SSSR count). The Hall–Kier alpha value is -1.41. The smallest absolute Gasteiger partial charge is 0.411 e. The quantitative estimate of drug-likeness (QED) is 0.882. The molecule has 1 saturated heterocycles. The normalized spacial score (nSPS) is 21.6. The zero-order valence-corrected chi connectivity index (χ0v) is 14.0. The van der Waals surface area contributed by atoms with Gasteiger partial charge in [-0.3, -0.25) is 10.00 Å². The number of hydrogen-bond acceptors (Lipinski definition) is 5. The highest BCUT2D eigenvalue weighted by atomic mass is 35.5. The van der Waals surface area contributed by atoms with Crippen LogP contribution in [0.1, 0.15) is 44.9 Å². The molecule has 0 aliphatic carbocycles. The number of H-pyrrole nitrogens is 1. The average molecular weight is 336 g/mol. The van der Waals surface area contributed by atoms with Crippen molar-refractivity contribution < 1.29 is 13.9 Å². The summed E-state index contributed by atoms with van der Waals surface area (Å²) < 4.78 is 19.1. The van der Waals surface area contributed by atoms with Crippen LogP contribution in [0, 0.1) is 0 Å². The van der Waals surface area contributed by atoms with Crippen LogP contribution in [0.3, 0.4) is 0 Å². The van der Waals surface area contributed by atoms with Gasteiger partial charge in [0.05, 0.1) is 19.1 Å². The molecular formula is C13H23ClFN5O2. The van der Waals surface area contributed by atoms with Crippen LogP contribution < -0.4 is 5.32 Å². The molecule has 0 radical (unpaired) electrons. The highest BCUT2D eigenvalue weighted by Crippen LogP contribution is 2.33. The number of hydrogen-bond donors (Lipinski definition) is 2. The zero-order chi connectivity index (χ0) is 15.6. The van der Waals surface area contributed by atoms with Gasteiger partial charge in [0.25, 0.3) is 0 Å². The second-order valence-electron chi connectivity index (χ2n) is 6.15. The van der Waals surface area contributed by atoms with Crippen LogP contribution in [0.5, 0.6) is 0 Å². The summed E-state index contributed by atoms with van der Waals surface area (Å²) in [6, 6.07) is -0.465. The van der Waals surface area contributed by atoms with E-state index in [-0.39, 0.29) is 25.4 Å². The molecule has 2 heterocycles. The molecule has 0 bridgehead atoms. The maximum Gasteiger partial charge on any atom is 0.411 e. The van der Waals surface area contributed by atoms with Crippen molar-refractivity contribution in [1.82, 2.24) is 25.4 Å². The molecule has 0 spiro atoms. The van der Waals surface area contributed by atoms with Crippen molar-refractivity contribution in [3.8, 4) is 0 Å². The highest BCUT2D eigenvalue weighted by Gasteiger charge is 2.40. The number of aromatic amines is 1. The maximum atomic E-state index is 13.7. The number of carbonyl (C=O) groups is 1. The molecule has 0 aromatic carbocycles. The van der Waals surface area contributed by atoms with Crippen molar-refractivity contribution in [2.75, 3.05) is 13.6 Å². The molecular weight excluding hydrogens is 313 g/mol. The average Bonchev–Trinajstić information content (AvgIpc) is 2.93. The van der Waals surface area contributed by atoms with Crippen molar-refractivity contribution in [1.29, 1.82) is 0 Å². The van der Waals surface area contributed by atoms with Crippen molar-refractivity contribution in [3.05, 3.63) is 11.6 Å². The zero-order valence-electron chi connectivity index (χ0n) is 13.2. The first-order valence-electron chi connectivity index (χ1n) is 6.99. The standard InChI is InChI=1S/C13H22FN5O2.ClH/c1-13(2,3)21-12(20)19-7-8(14)5-9(19)11-16-10(6-15-4)17-18-11;/h8-9,15H,5-7H2,1-4H3,(H,16,17,18);1H/t8-,9+;/m0./s1. The van der Waals surface area contributed by atoms with E-state index < -0.39 is 23.9 Å². The Morgan fingerprint density at radius 3 is 2.82 bits per heavy atom. The minimum atomic E-state index is -1.08. The van der Waals surface area contributed by atoms with Crippen LogP contribution in [-0.4, -0.2) is 51.5 Å². The van der Waals surface area contributed by atoms with Gasteiger partial charge in [0.15, 0.2) is 5.82 Å². The summed E-state index contributed by atoms with van der Waals surface area (Å²) in [6.45, 7) is 5.86. The third kappa shape index (κ3) is 4.54. The molecule has 22 heavy (non-hydrogen) atoms. The molecule has 1 amide bonds. The Morgan fingerprint density at radius 1 is 1.55 bits per heavy atom. The number of amides is 1. The fourth-order valence-electron chi connectivity index (χ4n) is 2.26. The maximum absolute atomic E-state index is 13.7. The molecule has 1 aromatic rings. The van der Waals surface area contributed by atoms with Gasteiger partial charge in [-0.1, -0.05) is 0 Å². The van der Waals surface area contributed by atoms with Crippen molar-refractivity contribution in [2.24, 2.45) is 0 Å². The lowest BCUT2D eigenvalue weighted by molar-refractivity contribution is 0.0210. The molecule has 0 saturated carbocycles. The van der Waals surface area contributed by atoms with Gasteiger partial charge in [-0.05, 0) is 27.8 Å². The number of nitrogens with one attached hydrogen (secondary N) is 2. The number of aromatic nitrogens is 3. The number of nitrogens with zero attached hydrogens (tertiary/aromatic N) is 3. The Labute approximate surface area is 135 Å². The second kappa shape index (κ2) is 7.23. The number of carbonyl (C=O) groups excluding carboxylic acids is 1. The Bertz CT molecular complexity index is 505. The lowest BCUT2D eigenvalue weighted by atomic mass is 10.2. The molecule has 1 aromatic heterocycles. The highest BCUT2D eigenvalue weighted by molar-refractivity contribution is 5.85. The Balaban J connectivity index is 0.00000242. The number of likely N-dealkylation sites (tertiary alicyclic amines) is 1. The fourth-order valence-corrected chi connectivity index (χ4v) is 2.26. The van der Waals surface area contributed by atoms with E-state index in [0.717, 1.165) is 0 Å². The van der Waals surface area contributed by atoms with E-state index in [1.54, 1.807) is 27.8 Å². The summed E-state index contributed by atoms with van der Waals surface area (Å²) in [5, 5.41) is 9.77. The topological polar surface area (TPSA) is 83.1 Å². The third-order valence-electron chi connectivity index (χ3n) is 3.08. The van der Waals surface area contributed by atoms with Gasteiger partial charge in [-0.15, -0.1) is 12.4 Å². The predicted octanol–water partition coefficient (Wildman–Crippen LogP) is 1.97. The molecule has 9 heteroatoms. The molecule has 1 aliphatic rings. The van der Waals surface area contributed by atoms with E-state index in [4.69, 9.17) is 4.74 Å². The minimum absolute atomic E-state index is 0. The van der Waals surface area contributed by atoms with Gasteiger partial charge < -0.3 is 10.1 Å². The summed E-state index contributed by atoms with van der Waals surface area (Å²) in [5.41, 5.74) is -0.616. The van der Waals surface area contributed by atoms with Gasteiger partial charge in [-0.25, -0.2) is 14.2 Å². The molecule has 2 atom stereocenters. The first-order valence-corrected chi connectivity index (χ1v) is 6.99. The Morgan fingerprint density at radius 2 is 2.23 bits per heavy atom. The van der Waals surface area contributed by atoms with Crippen LogP contribution >= 0.6 is 12.4 Å². The van der Waals surface area contributed by atoms with Crippen LogP contribution in [0.2, 0.25) is 0 Å². The molecule has 7 nitrogen and oxygen atoms in total. The number of alkyl halides is 1. The van der Waals surface area contributed by atoms with E-state index in [1.807, 2.05) is 0 Å². The van der Waals surface area contributed by atoms with Crippen molar-refractivity contribution in [2.45, 2.75) is 51.6 Å². The molecule has 0 unspecified atom stereocenters. The van der Waals surface area contributed by atoms with E-state index in [2.05, 4.69) is 20.5 Å². The number of ether oxygens (including phenoxy) is 1. The van der Waals surface area contributed by atoms with E-state index >= 15 is 0 Å². The monoisotopic (exact) mass is 335 g/mol. The summed E-state index contributed by atoms with van der Waals surface area (Å²) in [7, 11) is 1.79. The van der Waals surface area contributed by atoms with Crippen molar-refractivity contribution in [3.63, 3.8) is 0 Å². The molecule has 1 aliphatic heterocycles. The second-order valence-corrected chi connectivity index (χ2v) is 6.15. The molecule has 126 valence electrons. The third-order valence-corrected chi connectivity index (χ3v) is 3.08. The Kier molecular flexibility index (Phi) is 6.13. The van der Waals surface area contributed by atoms with E-state index in [9.17, 15) is 9.18 Å². The largest absolute Gasteiger partial charge is 0.444 e. The SMILES string of the molecule is CNCc1n[nH]c([C@H]2C[C@H](F)CN2C(=O)OC(C)(C)C)n1.Cl. The van der Waals surface area contributed by atoms with E-state index in [0.29, 0.717) is 18.2 Å². The summed E-state index contributed by atoms with van der Waals surface area (Å²) in [4.78, 5) is 17.9. The molecule has 2 N–H and O–H groups in total.